The standard InChI is InChI=1S/C40H48N2/c1-17-19(3)25(9)37-33(21(17)5)35-29(13)31(23(7)27(11)39(35)41(37)15)32-24(8)28(12)40-36(30(32)14)34-22(6)18(2)20(4)26(10)38(34)42(40)16/h1-16H3. The summed E-state index contributed by atoms with van der Waals surface area (Å²) in [7, 11) is 4.55. The van der Waals surface area contributed by atoms with E-state index in [-0.39, 0.29) is 0 Å². The van der Waals surface area contributed by atoms with Crippen molar-refractivity contribution in [3.8, 4) is 11.1 Å². The second-order valence-electron chi connectivity index (χ2n) is 13.5. The number of benzene rings is 4. The van der Waals surface area contributed by atoms with Crippen molar-refractivity contribution in [3.63, 3.8) is 0 Å². The summed E-state index contributed by atoms with van der Waals surface area (Å²) in [5.74, 6) is 0. The van der Waals surface area contributed by atoms with Gasteiger partial charge in [-0.1, -0.05) is 0 Å². The van der Waals surface area contributed by atoms with E-state index in [1.165, 1.54) is 133 Å². The molecule has 0 unspecified atom stereocenters. The summed E-state index contributed by atoms with van der Waals surface area (Å²) in [6, 6.07) is 0. The Balaban J connectivity index is 1.90. The maximum Gasteiger partial charge on any atom is 0.0524 e. The molecule has 2 heteroatoms. The monoisotopic (exact) mass is 556 g/mol. The molecular weight excluding hydrogens is 508 g/mol. The molecule has 0 atom stereocenters. The minimum Gasteiger partial charge on any atom is -0.343 e. The number of aromatic nitrogens is 2. The Kier molecular flexibility index (Phi) is 6.12. The van der Waals surface area contributed by atoms with E-state index in [1.807, 2.05) is 0 Å². The first-order chi connectivity index (χ1) is 19.6. The van der Waals surface area contributed by atoms with Crippen LogP contribution < -0.4 is 0 Å². The molecule has 42 heavy (non-hydrogen) atoms. The molecule has 2 nitrogen and oxygen atoms in total. The summed E-state index contributed by atoms with van der Waals surface area (Å²) >= 11 is 0. The van der Waals surface area contributed by atoms with Crippen molar-refractivity contribution < 1.29 is 0 Å². The van der Waals surface area contributed by atoms with Gasteiger partial charge in [0.25, 0.3) is 0 Å². The highest BCUT2D eigenvalue weighted by Gasteiger charge is 2.28. The molecule has 6 aromatic rings. The summed E-state index contributed by atoms with van der Waals surface area (Å²) in [6.45, 7) is 32.6. The topological polar surface area (TPSA) is 9.86 Å². The second-order valence-corrected chi connectivity index (χ2v) is 13.5. The first-order valence-electron chi connectivity index (χ1n) is 15.5. The van der Waals surface area contributed by atoms with Gasteiger partial charge in [0, 0.05) is 35.6 Å². The lowest BCUT2D eigenvalue weighted by Gasteiger charge is -2.22. The number of rotatable bonds is 1. The molecule has 2 aromatic heterocycles. The van der Waals surface area contributed by atoms with Crippen LogP contribution in [0.2, 0.25) is 0 Å². The van der Waals surface area contributed by atoms with Crippen LogP contribution in [0.4, 0.5) is 0 Å². The van der Waals surface area contributed by atoms with Crippen molar-refractivity contribution in [1.29, 1.82) is 0 Å². The summed E-state index contributed by atoms with van der Waals surface area (Å²) in [4.78, 5) is 0. The fourth-order valence-electron chi connectivity index (χ4n) is 8.73. The molecule has 6 rings (SSSR count). The van der Waals surface area contributed by atoms with Gasteiger partial charge >= 0.3 is 0 Å². The number of hydrogen-bond acceptors (Lipinski definition) is 0. The van der Waals surface area contributed by atoms with Crippen molar-refractivity contribution in [1.82, 2.24) is 9.13 Å². The highest BCUT2D eigenvalue weighted by molar-refractivity contribution is 6.18. The summed E-state index contributed by atoms with van der Waals surface area (Å²) < 4.78 is 4.96. The van der Waals surface area contributed by atoms with Gasteiger partial charge in [0.1, 0.15) is 0 Å². The normalized spacial score (nSPS) is 12.3. The van der Waals surface area contributed by atoms with Crippen LogP contribution in [0.5, 0.6) is 0 Å². The highest BCUT2D eigenvalue weighted by Crippen LogP contribution is 2.49. The van der Waals surface area contributed by atoms with Crippen LogP contribution in [0.3, 0.4) is 0 Å². The van der Waals surface area contributed by atoms with Crippen LogP contribution in [0, 0.1) is 96.9 Å². The van der Waals surface area contributed by atoms with Crippen molar-refractivity contribution in [2.45, 2.75) is 96.9 Å². The third kappa shape index (κ3) is 3.16. The van der Waals surface area contributed by atoms with Gasteiger partial charge in [0.15, 0.2) is 0 Å². The molecule has 0 aliphatic carbocycles. The summed E-state index contributed by atoms with van der Waals surface area (Å²) in [5.41, 5.74) is 28.1. The molecular formula is C40H48N2. The van der Waals surface area contributed by atoms with Crippen LogP contribution in [0.25, 0.3) is 54.7 Å². The van der Waals surface area contributed by atoms with Gasteiger partial charge in [-0.25, -0.2) is 0 Å². The summed E-state index contributed by atoms with van der Waals surface area (Å²) in [5, 5.41) is 5.74. The maximum absolute atomic E-state index is 2.48. The van der Waals surface area contributed by atoms with Crippen LogP contribution >= 0.6 is 0 Å². The minimum absolute atomic E-state index is 1.38. The average Bonchev–Trinajstić information content (AvgIpc) is 3.44. The Morgan fingerprint density at radius 3 is 0.738 bits per heavy atom. The molecule has 0 N–H and O–H groups in total. The van der Waals surface area contributed by atoms with E-state index in [0.717, 1.165) is 0 Å². The van der Waals surface area contributed by atoms with Crippen LogP contribution in [0.15, 0.2) is 0 Å². The Labute approximate surface area is 252 Å². The minimum atomic E-state index is 1.38. The Morgan fingerprint density at radius 1 is 0.238 bits per heavy atom. The smallest absolute Gasteiger partial charge is 0.0524 e. The number of fused-ring (bicyclic) bond motifs is 6. The van der Waals surface area contributed by atoms with Crippen molar-refractivity contribution in [2.75, 3.05) is 0 Å². The lowest BCUT2D eigenvalue weighted by Crippen LogP contribution is -2.02. The molecule has 0 amide bonds. The summed E-state index contributed by atoms with van der Waals surface area (Å²) in [6.07, 6.45) is 0. The third-order valence-electron chi connectivity index (χ3n) is 12.0. The van der Waals surface area contributed by atoms with Gasteiger partial charge in [-0.2, -0.15) is 0 Å². The van der Waals surface area contributed by atoms with E-state index in [2.05, 4.69) is 120 Å². The molecule has 0 aliphatic rings. The van der Waals surface area contributed by atoms with Crippen molar-refractivity contribution in [3.05, 3.63) is 77.9 Å². The molecule has 0 aliphatic heterocycles. The van der Waals surface area contributed by atoms with Crippen molar-refractivity contribution >= 4 is 43.6 Å². The van der Waals surface area contributed by atoms with E-state index in [0.29, 0.717) is 0 Å². The van der Waals surface area contributed by atoms with Crippen molar-refractivity contribution in [2.24, 2.45) is 14.1 Å². The van der Waals surface area contributed by atoms with Gasteiger partial charge in [0.05, 0.1) is 22.1 Å². The molecule has 0 spiro atoms. The van der Waals surface area contributed by atoms with E-state index in [1.54, 1.807) is 0 Å². The molecule has 2 heterocycles. The molecule has 0 fully saturated rings. The number of nitrogens with zero attached hydrogens (tertiary/aromatic N) is 2. The molecule has 0 saturated carbocycles. The third-order valence-corrected chi connectivity index (χ3v) is 12.0. The van der Waals surface area contributed by atoms with Crippen LogP contribution in [0.1, 0.15) is 77.9 Å². The Bertz CT molecular complexity index is 2060. The highest BCUT2D eigenvalue weighted by atomic mass is 15.0. The average molecular weight is 557 g/mol. The zero-order valence-corrected chi connectivity index (χ0v) is 28.9. The molecule has 0 bridgehead atoms. The quantitative estimate of drug-likeness (QED) is 0.191. The van der Waals surface area contributed by atoms with E-state index in [4.69, 9.17) is 0 Å². The van der Waals surface area contributed by atoms with E-state index >= 15 is 0 Å². The van der Waals surface area contributed by atoms with E-state index < -0.39 is 0 Å². The molecule has 4 aromatic carbocycles. The SMILES string of the molecule is Cc1c(C)c(C)c2c(c1C)c1c(C)c(-c3c(C)c(C)c4c(c3C)c3c(C)c(C)c(C)c(C)c3n4C)c(C)c(C)c1n2C. The van der Waals surface area contributed by atoms with Gasteiger partial charge in [-0.15, -0.1) is 0 Å². The lowest BCUT2D eigenvalue weighted by atomic mass is 9.81. The molecule has 218 valence electrons. The Morgan fingerprint density at radius 2 is 0.452 bits per heavy atom. The van der Waals surface area contributed by atoms with Gasteiger partial charge in [-0.3, -0.25) is 0 Å². The van der Waals surface area contributed by atoms with Gasteiger partial charge < -0.3 is 9.13 Å². The van der Waals surface area contributed by atoms with E-state index in [9.17, 15) is 0 Å². The van der Waals surface area contributed by atoms with Crippen LogP contribution in [-0.2, 0) is 14.1 Å². The maximum atomic E-state index is 2.48. The fourth-order valence-corrected chi connectivity index (χ4v) is 8.73. The predicted molar refractivity (Wildman–Crippen MR) is 186 cm³/mol. The zero-order chi connectivity index (χ0) is 31.0. The number of hydrogen-bond donors (Lipinski definition) is 0. The molecule has 0 radical (unpaired) electrons. The molecule has 0 saturated heterocycles. The zero-order valence-electron chi connectivity index (χ0n) is 28.9. The predicted octanol–water partition coefficient (Wildman–Crippen LogP) is 11.0. The first-order valence-corrected chi connectivity index (χ1v) is 15.5. The lowest BCUT2D eigenvalue weighted by molar-refractivity contribution is 0.994. The first kappa shape index (κ1) is 28.6. The number of aryl methyl sites for hydroxylation is 10. The van der Waals surface area contributed by atoms with Gasteiger partial charge in [0.2, 0.25) is 0 Å². The largest absolute Gasteiger partial charge is 0.343 e. The van der Waals surface area contributed by atoms with Gasteiger partial charge in [-0.05, 0) is 186 Å². The second kappa shape index (κ2) is 8.99. The Hall–Kier alpha value is -3.52. The fraction of sp³-hybridized carbons (Fsp3) is 0.400. The van der Waals surface area contributed by atoms with Crippen LogP contribution in [-0.4, -0.2) is 9.13 Å².